The topological polar surface area (TPSA) is 114 Å². The number of rotatable bonds is 8. The molecule has 1 aliphatic rings. The molecule has 2 aromatic heterocycles. The molecule has 1 amide bonds. The van der Waals surface area contributed by atoms with E-state index in [1.165, 1.54) is 6.07 Å². The molecule has 0 spiro atoms. The van der Waals surface area contributed by atoms with Crippen LogP contribution in [0.5, 0.6) is 5.75 Å². The van der Waals surface area contributed by atoms with Crippen LogP contribution >= 0.6 is 0 Å². The summed E-state index contributed by atoms with van der Waals surface area (Å²) in [6, 6.07) is 11.7. The third kappa shape index (κ3) is 4.36. The molecule has 37 heavy (non-hydrogen) atoms. The largest absolute Gasteiger partial charge is 0.488 e. The molecule has 5 rings (SSSR count). The Morgan fingerprint density at radius 1 is 1.24 bits per heavy atom. The van der Waals surface area contributed by atoms with Crippen LogP contribution in [0.2, 0.25) is 0 Å². The molecule has 9 nitrogen and oxygen atoms in total. The van der Waals surface area contributed by atoms with Gasteiger partial charge in [-0.1, -0.05) is 17.3 Å². The average Bonchev–Trinajstić information content (AvgIpc) is 3.49. The van der Waals surface area contributed by atoms with Gasteiger partial charge < -0.3 is 24.0 Å². The van der Waals surface area contributed by atoms with Gasteiger partial charge in [0.05, 0.1) is 23.3 Å². The van der Waals surface area contributed by atoms with Gasteiger partial charge in [-0.15, -0.1) is 0 Å². The highest BCUT2D eigenvalue weighted by Gasteiger charge is 2.52. The van der Waals surface area contributed by atoms with Crippen LogP contribution in [0.15, 0.2) is 47.0 Å². The zero-order valence-corrected chi connectivity index (χ0v) is 21.2. The second-order valence-electron chi connectivity index (χ2n) is 9.94. The zero-order chi connectivity index (χ0) is 26.4. The van der Waals surface area contributed by atoms with Gasteiger partial charge in [-0.2, -0.15) is 5.10 Å². The molecule has 1 aliphatic heterocycles. The first-order valence-electron chi connectivity index (χ1n) is 12.0. The number of H-pyrrole nitrogens is 1. The zero-order valence-electron chi connectivity index (χ0n) is 21.2. The van der Waals surface area contributed by atoms with Gasteiger partial charge in [0.2, 0.25) is 0 Å². The van der Waals surface area contributed by atoms with Gasteiger partial charge in [0.25, 0.3) is 5.91 Å². The highest BCUT2D eigenvalue weighted by atomic mass is 19.1. The molecule has 0 aliphatic carbocycles. The Balaban J connectivity index is 1.35. The van der Waals surface area contributed by atoms with E-state index < -0.39 is 17.0 Å². The first-order chi connectivity index (χ1) is 17.6. The minimum Gasteiger partial charge on any atom is -0.488 e. The summed E-state index contributed by atoms with van der Waals surface area (Å²) in [7, 11) is 1.55. The number of ether oxygens (including phenoxy) is 2. The van der Waals surface area contributed by atoms with Crippen molar-refractivity contribution in [3.63, 3.8) is 0 Å². The van der Waals surface area contributed by atoms with Crippen LogP contribution in [0, 0.1) is 5.82 Å². The molecule has 3 heterocycles. The van der Waals surface area contributed by atoms with E-state index in [-0.39, 0.29) is 18.3 Å². The number of carbonyl (C=O) groups excluding carboxylic acids is 1. The predicted molar refractivity (Wildman–Crippen MR) is 135 cm³/mol. The molecule has 10 heteroatoms. The summed E-state index contributed by atoms with van der Waals surface area (Å²) in [5, 5.41) is 22.4. The number of methoxy groups -OCH3 is 1. The van der Waals surface area contributed by atoms with E-state index in [0.717, 1.165) is 12.0 Å². The maximum absolute atomic E-state index is 14.6. The van der Waals surface area contributed by atoms with E-state index in [1.807, 2.05) is 6.92 Å². The standard InChI is InChI=1S/C27H29FN4O5/c1-26(2,34)27(3)9-10-32(27)25(33)17-7-5-16(6-8-17)20-14-23(37-31-20)24-18-13-19(28)22(36-12-11-35-4)15-21(18)29-30-24/h5-8,13-15,34H,9-12H2,1-4H3,(H,29,30)/t27-/m0/s1. The van der Waals surface area contributed by atoms with Crippen LogP contribution < -0.4 is 4.74 Å². The SMILES string of the molecule is COCCOc1cc2[nH]nc(-c3cc(-c4ccc(C(=O)N5CC[C@@]5(C)C(C)(C)O)cc4)no3)c2cc1F. The number of benzene rings is 2. The fourth-order valence-electron chi connectivity index (χ4n) is 4.53. The lowest BCUT2D eigenvalue weighted by Gasteiger charge is -2.56. The van der Waals surface area contributed by atoms with E-state index in [2.05, 4.69) is 15.4 Å². The Kier molecular flexibility index (Phi) is 6.25. The van der Waals surface area contributed by atoms with Gasteiger partial charge in [-0.25, -0.2) is 4.39 Å². The fraction of sp³-hybridized carbons (Fsp3) is 0.370. The van der Waals surface area contributed by atoms with Crippen molar-refractivity contribution >= 4 is 16.8 Å². The maximum Gasteiger partial charge on any atom is 0.254 e. The molecule has 1 fully saturated rings. The maximum atomic E-state index is 14.6. The Morgan fingerprint density at radius 2 is 2.00 bits per heavy atom. The Hall–Kier alpha value is -3.76. The van der Waals surface area contributed by atoms with E-state index in [9.17, 15) is 14.3 Å². The molecule has 0 unspecified atom stereocenters. The number of carbonyl (C=O) groups is 1. The number of aliphatic hydroxyl groups is 1. The number of fused-ring (bicyclic) bond motifs is 1. The summed E-state index contributed by atoms with van der Waals surface area (Å²) in [4.78, 5) is 14.8. The van der Waals surface area contributed by atoms with Crippen molar-refractivity contribution in [1.82, 2.24) is 20.3 Å². The fourth-order valence-corrected chi connectivity index (χ4v) is 4.53. The van der Waals surface area contributed by atoms with Crippen LogP contribution in [-0.2, 0) is 4.74 Å². The Bertz CT molecular complexity index is 1440. The number of hydrogen-bond donors (Lipinski definition) is 2. The average molecular weight is 509 g/mol. The summed E-state index contributed by atoms with van der Waals surface area (Å²) < 4.78 is 30.5. The summed E-state index contributed by atoms with van der Waals surface area (Å²) >= 11 is 0. The van der Waals surface area contributed by atoms with Gasteiger partial charge in [0.15, 0.2) is 17.3 Å². The summed E-state index contributed by atoms with van der Waals surface area (Å²) in [6.45, 7) is 6.54. The number of aromatic amines is 1. The van der Waals surface area contributed by atoms with E-state index in [1.54, 1.807) is 62.3 Å². The molecule has 2 aromatic carbocycles. The van der Waals surface area contributed by atoms with Gasteiger partial charge in [-0.05, 0) is 45.4 Å². The van der Waals surface area contributed by atoms with Crippen molar-refractivity contribution in [2.45, 2.75) is 38.3 Å². The molecule has 1 atom stereocenters. The Labute approximate surface area is 213 Å². The van der Waals surface area contributed by atoms with Gasteiger partial charge in [0.1, 0.15) is 18.0 Å². The molecule has 194 valence electrons. The quantitative estimate of drug-likeness (QED) is 0.339. The first-order valence-corrected chi connectivity index (χ1v) is 12.0. The number of nitrogens with one attached hydrogen (secondary N) is 1. The summed E-state index contributed by atoms with van der Waals surface area (Å²) in [6.07, 6.45) is 0.746. The third-order valence-electron chi connectivity index (χ3n) is 7.31. The van der Waals surface area contributed by atoms with Gasteiger partial charge in [-0.3, -0.25) is 9.89 Å². The molecule has 0 bridgehead atoms. The molecule has 2 N–H and O–H groups in total. The Morgan fingerprint density at radius 3 is 2.65 bits per heavy atom. The van der Waals surface area contributed by atoms with Crippen molar-refractivity contribution in [3.8, 4) is 28.5 Å². The second-order valence-corrected chi connectivity index (χ2v) is 9.94. The van der Waals surface area contributed by atoms with Crippen LogP contribution in [0.25, 0.3) is 33.6 Å². The monoisotopic (exact) mass is 508 g/mol. The van der Waals surface area contributed by atoms with E-state index >= 15 is 0 Å². The second kappa shape index (κ2) is 9.28. The van der Waals surface area contributed by atoms with Crippen molar-refractivity contribution in [2.24, 2.45) is 0 Å². The molecular weight excluding hydrogens is 479 g/mol. The van der Waals surface area contributed by atoms with Gasteiger partial charge in [0, 0.05) is 42.3 Å². The predicted octanol–water partition coefficient (Wildman–Crippen LogP) is 4.42. The minimum atomic E-state index is -1.00. The molecule has 4 aromatic rings. The van der Waals surface area contributed by atoms with Crippen molar-refractivity contribution in [2.75, 3.05) is 26.9 Å². The number of nitrogens with zero attached hydrogens (tertiary/aromatic N) is 3. The molecular formula is C27H29FN4O5. The third-order valence-corrected chi connectivity index (χ3v) is 7.31. The minimum absolute atomic E-state index is 0.105. The van der Waals surface area contributed by atoms with Gasteiger partial charge >= 0.3 is 0 Å². The lowest BCUT2D eigenvalue weighted by Crippen LogP contribution is -2.69. The lowest BCUT2D eigenvalue weighted by atomic mass is 9.73. The summed E-state index contributed by atoms with van der Waals surface area (Å²) in [5.74, 6) is -0.169. The van der Waals surface area contributed by atoms with Crippen LogP contribution in [0.4, 0.5) is 4.39 Å². The number of likely N-dealkylation sites (tertiary alicyclic amines) is 1. The number of halogens is 1. The molecule has 0 radical (unpaired) electrons. The van der Waals surface area contributed by atoms with Crippen molar-refractivity contribution in [1.29, 1.82) is 0 Å². The normalized spacial score (nSPS) is 17.7. The highest BCUT2D eigenvalue weighted by molar-refractivity contribution is 5.96. The van der Waals surface area contributed by atoms with E-state index in [4.69, 9.17) is 14.0 Å². The van der Waals surface area contributed by atoms with Crippen LogP contribution in [0.1, 0.15) is 37.6 Å². The number of aromatic nitrogens is 3. The number of amides is 1. The van der Waals surface area contributed by atoms with Crippen molar-refractivity contribution in [3.05, 3.63) is 53.8 Å². The number of hydrogen-bond acceptors (Lipinski definition) is 7. The molecule has 1 saturated heterocycles. The lowest BCUT2D eigenvalue weighted by molar-refractivity contribution is -0.118. The first kappa shape index (κ1) is 24.9. The van der Waals surface area contributed by atoms with E-state index in [0.29, 0.717) is 46.8 Å². The summed E-state index contributed by atoms with van der Waals surface area (Å²) in [5.41, 5.74) is 1.23. The van der Waals surface area contributed by atoms with Crippen LogP contribution in [-0.4, -0.2) is 69.3 Å². The smallest absolute Gasteiger partial charge is 0.254 e. The van der Waals surface area contributed by atoms with Crippen molar-refractivity contribution < 1.29 is 28.3 Å². The molecule has 0 saturated carbocycles. The highest BCUT2D eigenvalue weighted by Crippen LogP contribution is 2.40. The van der Waals surface area contributed by atoms with Crippen LogP contribution in [0.3, 0.4) is 0 Å².